The zero-order chi connectivity index (χ0) is 10.6. The zero-order valence-electron chi connectivity index (χ0n) is 9.79. The van der Waals surface area contributed by atoms with E-state index in [1.54, 1.807) is 0 Å². The number of hydrogen-bond donors (Lipinski definition) is 0. The van der Waals surface area contributed by atoms with Gasteiger partial charge in [-0.05, 0) is 26.2 Å². The normalized spacial score (nSPS) is 20.4. The van der Waals surface area contributed by atoms with Crippen LogP contribution in [-0.4, -0.2) is 35.0 Å². The molecule has 0 radical (unpaired) electrons. The molecule has 14 heavy (non-hydrogen) atoms. The highest BCUT2D eigenvalue weighted by molar-refractivity contribution is 8.14. The summed E-state index contributed by atoms with van der Waals surface area (Å²) in [5.74, 6) is 1.97. The average Bonchev–Trinajstić information content (AvgIpc) is 2.51. The van der Waals surface area contributed by atoms with Crippen molar-refractivity contribution in [1.82, 2.24) is 4.90 Å². The van der Waals surface area contributed by atoms with Crippen LogP contribution >= 0.6 is 11.8 Å². The van der Waals surface area contributed by atoms with Gasteiger partial charge >= 0.3 is 0 Å². The molecule has 0 aromatic carbocycles. The van der Waals surface area contributed by atoms with Crippen molar-refractivity contribution in [2.45, 2.75) is 40.2 Å². The molecule has 0 spiro atoms. The minimum absolute atomic E-state index is 0.600. The highest BCUT2D eigenvalue weighted by atomic mass is 32.2. The Morgan fingerprint density at radius 1 is 1.36 bits per heavy atom. The molecule has 0 saturated carbocycles. The first-order chi connectivity index (χ1) is 6.61. The van der Waals surface area contributed by atoms with Gasteiger partial charge in [0.15, 0.2) is 5.17 Å². The fourth-order valence-electron chi connectivity index (χ4n) is 1.45. The van der Waals surface area contributed by atoms with E-state index in [4.69, 9.17) is 0 Å². The molecular weight excluding hydrogens is 192 g/mol. The first-order valence-corrected chi connectivity index (χ1v) is 6.53. The maximum absolute atomic E-state index is 4.67. The summed E-state index contributed by atoms with van der Waals surface area (Å²) in [5, 5.41) is 1.26. The van der Waals surface area contributed by atoms with Crippen LogP contribution in [0.25, 0.3) is 0 Å². The van der Waals surface area contributed by atoms with E-state index in [0.29, 0.717) is 6.04 Å². The lowest BCUT2D eigenvalue weighted by Gasteiger charge is -2.22. The van der Waals surface area contributed by atoms with Gasteiger partial charge in [-0.3, -0.25) is 4.99 Å². The Morgan fingerprint density at radius 3 is 2.64 bits per heavy atom. The van der Waals surface area contributed by atoms with E-state index in [-0.39, 0.29) is 0 Å². The molecule has 0 unspecified atom stereocenters. The van der Waals surface area contributed by atoms with E-state index in [2.05, 4.69) is 37.6 Å². The molecule has 1 heterocycles. The Hall–Kier alpha value is -0.180. The fraction of sp³-hybridized carbons (Fsp3) is 0.909. The molecule has 0 aromatic rings. The van der Waals surface area contributed by atoms with Gasteiger partial charge in [0.1, 0.15) is 0 Å². The summed E-state index contributed by atoms with van der Waals surface area (Å²) in [7, 11) is 0. The van der Waals surface area contributed by atoms with Gasteiger partial charge in [-0.25, -0.2) is 0 Å². The van der Waals surface area contributed by atoms with Crippen molar-refractivity contribution >= 4 is 16.9 Å². The maximum atomic E-state index is 4.67. The van der Waals surface area contributed by atoms with Crippen LogP contribution in [-0.2, 0) is 0 Å². The number of hydrogen-bond acceptors (Lipinski definition) is 2. The van der Waals surface area contributed by atoms with Gasteiger partial charge in [0.25, 0.3) is 0 Å². The van der Waals surface area contributed by atoms with E-state index < -0.39 is 0 Å². The van der Waals surface area contributed by atoms with Gasteiger partial charge in [-0.2, -0.15) is 0 Å². The first-order valence-electron chi connectivity index (χ1n) is 5.55. The molecule has 0 aliphatic carbocycles. The largest absolute Gasteiger partial charge is 0.348 e. The van der Waals surface area contributed by atoms with Gasteiger partial charge in [0.2, 0.25) is 0 Å². The lowest BCUT2D eigenvalue weighted by Crippen LogP contribution is -2.31. The predicted octanol–water partition coefficient (Wildman–Crippen LogP) is 2.85. The summed E-state index contributed by atoms with van der Waals surface area (Å²) in [6.45, 7) is 11.1. The van der Waals surface area contributed by atoms with Gasteiger partial charge in [0, 0.05) is 24.9 Å². The lowest BCUT2D eigenvalue weighted by molar-refractivity contribution is 0.382. The van der Waals surface area contributed by atoms with Crippen LogP contribution < -0.4 is 0 Å². The average molecular weight is 214 g/mol. The molecule has 3 heteroatoms. The van der Waals surface area contributed by atoms with Crippen LogP contribution in [0.2, 0.25) is 0 Å². The number of amidine groups is 1. The third kappa shape index (κ3) is 3.52. The van der Waals surface area contributed by atoms with E-state index in [0.717, 1.165) is 12.5 Å². The number of thioether (sulfide) groups is 1. The Balaban J connectivity index is 2.41. The molecular formula is C11H22N2S. The van der Waals surface area contributed by atoms with Gasteiger partial charge < -0.3 is 4.90 Å². The maximum Gasteiger partial charge on any atom is 0.159 e. The molecule has 1 aliphatic rings. The highest BCUT2D eigenvalue weighted by Crippen LogP contribution is 2.20. The molecule has 1 fully saturated rings. The number of nitrogens with zero attached hydrogens (tertiary/aromatic N) is 2. The van der Waals surface area contributed by atoms with E-state index in [1.165, 1.54) is 23.9 Å². The molecule has 1 saturated heterocycles. The second-order valence-corrected chi connectivity index (χ2v) is 5.54. The Morgan fingerprint density at radius 2 is 2.07 bits per heavy atom. The van der Waals surface area contributed by atoms with E-state index in [9.17, 15) is 0 Å². The van der Waals surface area contributed by atoms with E-state index >= 15 is 0 Å². The zero-order valence-corrected chi connectivity index (χ0v) is 10.6. The standard InChI is InChI=1S/C11H22N2S/c1-9(2)5-6-12-11-13(10(3)4)7-8-14-11/h9-10H,5-8H2,1-4H3/b12-11-. The van der Waals surface area contributed by atoms with Crippen LogP contribution in [0.5, 0.6) is 0 Å². The molecule has 0 aromatic heterocycles. The second kappa shape index (κ2) is 5.64. The van der Waals surface area contributed by atoms with Crippen LogP contribution in [0.1, 0.15) is 34.1 Å². The molecule has 82 valence electrons. The fourth-order valence-corrected chi connectivity index (χ4v) is 2.57. The monoisotopic (exact) mass is 214 g/mol. The van der Waals surface area contributed by atoms with Crippen LogP contribution in [0.3, 0.4) is 0 Å². The molecule has 0 bridgehead atoms. The van der Waals surface area contributed by atoms with Crippen molar-refractivity contribution in [1.29, 1.82) is 0 Å². The molecule has 0 amide bonds. The van der Waals surface area contributed by atoms with Crippen LogP contribution in [0.4, 0.5) is 0 Å². The second-order valence-electron chi connectivity index (χ2n) is 4.48. The highest BCUT2D eigenvalue weighted by Gasteiger charge is 2.21. The molecule has 1 rings (SSSR count). The summed E-state index contributed by atoms with van der Waals surface area (Å²) in [5.41, 5.74) is 0. The lowest BCUT2D eigenvalue weighted by atomic mass is 10.1. The van der Waals surface area contributed by atoms with Crippen molar-refractivity contribution in [3.63, 3.8) is 0 Å². The van der Waals surface area contributed by atoms with Crippen molar-refractivity contribution < 1.29 is 0 Å². The Kier molecular flexibility index (Phi) is 4.79. The van der Waals surface area contributed by atoms with Crippen molar-refractivity contribution in [3.05, 3.63) is 0 Å². The third-order valence-electron chi connectivity index (χ3n) is 2.39. The summed E-state index contributed by atoms with van der Waals surface area (Å²) in [6, 6.07) is 0.600. The SMILES string of the molecule is CC(C)CC/N=C1\SCCN1C(C)C. The third-order valence-corrected chi connectivity index (χ3v) is 3.39. The van der Waals surface area contributed by atoms with Crippen LogP contribution in [0.15, 0.2) is 4.99 Å². The Labute approximate surface area is 92.2 Å². The van der Waals surface area contributed by atoms with E-state index in [1.807, 2.05) is 11.8 Å². The van der Waals surface area contributed by atoms with Crippen molar-refractivity contribution in [2.75, 3.05) is 18.8 Å². The topological polar surface area (TPSA) is 15.6 Å². The summed E-state index contributed by atoms with van der Waals surface area (Å²) >= 11 is 1.91. The smallest absolute Gasteiger partial charge is 0.159 e. The molecule has 1 aliphatic heterocycles. The van der Waals surface area contributed by atoms with Crippen molar-refractivity contribution in [2.24, 2.45) is 10.9 Å². The first kappa shape index (κ1) is 11.9. The minimum Gasteiger partial charge on any atom is -0.348 e. The quantitative estimate of drug-likeness (QED) is 0.715. The number of rotatable bonds is 4. The van der Waals surface area contributed by atoms with Gasteiger partial charge in [-0.15, -0.1) is 0 Å². The molecule has 2 nitrogen and oxygen atoms in total. The van der Waals surface area contributed by atoms with Crippen molar-refractivity contribution in [3.8, 4) is 0 Å². The predicted molar refractivity (Wildman–Crippen MR) is 66.1 cm³/mol. The summed E-state index contributed by atoms with van der Waals surface area (Å²) < 4.78 is 0. The number of aliphatic imine (C=N–C) groups is 1. The molecule has 0 N–H and O–H groups in total. The minimum atomic E-state index is 0.600. The summed E-state index contributed by atoms with van der Waals surface area (Å²) in [6.07, 6.45) is 1.20. The Bertz CT molecular complexity index is 199. The van der Waals surface area contributed by atoms with Gasteiger partial charge in [-0.1, -0.05) is 25.6 Å². The van der Waals surface area contributed by atoms with Gasteiger partial charge in [0.05, 0.1) is 0 Å². The molecule has 0 atom stereocenters. The summed E-state index contributed by atoms with van der Waals surface area (Å²) in [4.78, 5) is 7.08. The van der Waals surface area contributed by atoms with Crippen LogP contribution in [0, 0.1) is 5.92 Å².